The molecule has 0 radical (unpaired) electrons. The van der Waals surface area contributed by atoms with Crippen LogP contribution in [0.2, 0.25) is 0 Å². The first-order valence-corrected chi connectivity index (χ1v) is 14.6. The summed E-state index contributed by atoms with van der Waals surface area (Å²) in [6.07, 6.45) is 0. The van der Waals surface area contributed by atoms with Gasteiger partial charge in [-0.15, -0.1) is 11.8 Å². The molecule has 0 aliphatic carbocycles. The van der Waals surface area contributed by atoms with Gasteiger partial charge in [-0.1, -0.05) is 74.5 Å². The topological polar surface area (TPSA) is 74.3 Å². The minimum absolute atomic E-state index is 0.0446. The Labute approximate surface area is 239 Å². The number of carbonyl (C=O) groups excluding carboxylic acids is 2. The van der Waals surface area contributed by atoms with E-state index in [0.717, 1.165) is 16.8 Å². The quantitative estimate of drug-likeness (QED) is 0.231. The molecule has 40 heavy (non-hydrogen) atoms. The van der Waals surface area contributed by atoms with Gasteiger partial charge in [-0.05, 0) is 36.8 Å². The minimum Gasteiger partial charge on any atom is -0.482 e. The number of hydrogen-bond donors (Lipinski definition) is 0. The van der Waals surface area contributed by atoms with Crippen LogP contribution in [0.3, 0.4) is 0 Å². The molecule has 1 amide bonds. The molecule has 2 heterocycles. The van der Waals surface area contributed by atoms with E-state index in [-0.39, 0.29) is 29.2 Å². The summed E-state index contributed by atoms with van der Waals surface area (Å²) in [5.74, 6) is -0.255. The average Bonchev–Trinajstić information content (AvgIpc) is 2.97. The number of para-hydroxylation sites is 1. The van der Waals surface area contributed by atoms with E-state index in [1.165, 1.54) is 0 Å². The Hall–Kier alpha value is -3.33. The second kappa shape index (κ2) is 12.0. The maximum Gasteiger partial charge on any atom is 0.344 e. The van der Waals surface area contributed by atoms with Gasteiger partial charge in [0.2, 0.25) is 11.7 Å². The summed E-state index contributed by atoms with van der Waals surface area (Å²) in [6.45, 7) is 7.29. The molecule has 3 aromatic rings. The number of thioether (sulfide) groups is 1. The Balaban J connectivity index is 1.37. The molecular weight excluding hydrogens is 526 g/mol. The van der Waals surface area contributed by atoms with E-state index in [9.17, 15) is 9.59 Å². The normalized spacial score (nSPS) is 21.4. The number of ether oxygens (including phenoxy) is 4. The van der Waals surface area contributed by atoms with Crippen LogP contribution in [0.15, 0.2) is 84.9 Å². The monoisotopic (exact) mass is 561 g/mol. The summed E-state index contributed by atoms with van der Waals surface area (Å²) >= 11 is 1.56. The highest BCUT2D eigenvalue weighted by Gasteiger charge is 2.51. The molecule has 0 bridgehead atoms. The van der Waals surface area contributed by atoms with Crippen LogP contribution < -0.4 is 9.64 Å². The number of benzene rings is 3. The molecule has 8 heteroatoms. The molecule has 2 fully saturated rings. The number of β-lactam (4-membered cyclic amide) rings is 1. The van der Waals surface area contributed by atoms with Gasteiger partial charge in [0.25, 0.3) is 0 Å². The second-order valence-electron chi connectivity index (χ2n) is 10.7. The van der Waals surface area contributed by atoms with Crippen molar-refractivity contribution in [1.82, 2.24) is 0 Å². The van der Waals surface area contributed by atoms with Crippen molar-refractivity contribution in [3.63, 3.8) is 0 Å². The van der Waals surface area contributed by atoms with E-state index in [0.29, 0.717) is 31.3 Å². The Kier molecular flexibility index (Phi) is 8.49. The number of rotatable bonds is 10. The number of anilines is 1. The van der Waals surface area contributed by atoms with E-state index in [2.05, 4.69) is 13.8 Å². The SMILES string of the molecule is CCOC(=O)COc1ccc(C2C(SCC3(c4ccccc4)OCC(C)(C)CO3)C(=O)N2c2ccccc2)cc1. The van der Waals surface area contributed by atoms with Gasteiger partial charge in [-0.2, -0.15) is 0 Å². The molecule has 0 saturated carbocycles. The van der Waals surface area contributed by atoms with Crippen molar-refractivity contribution in [2.24, 2.45) is 5.41 Å². The summed E-state index contributed by atoms with van der Waals surface area (Å²) < 4.78 is 23.4. The second-order valence-corrected chi connectivity index (χ2v) is 11.9. The highest BCUT2D eigenvalue weighted by atomic mass is 32.2. The van der Waals surface area contributed by atoms with E-state index in [1.54, 1.807) is 18.7 Å². The molecule has 2 atom stereocenters. The van der Waals surface area contributed by atoms with Crippen LogP contribution in [0, 0.1) is 5.41 Å². The van der Waals surface area contributed by atoms with Crippen molar-refractivity contribution in [2.45, 2.75) is 37.9 Å². The van der Waals surface area contributed by atoms with Gasteiger partial charge < -0.3 is 23.8 Å². The molecule has 0 spiro atoms. The van der Waals surface area contributed by atoms with Crippen molar-refractivity contribution in [3.05, 3.63) is 96.1 Å². The molecule has 2 unspecified atom stereocenters. The first kappa shape index (κ1) is 28.2. The van der Waals surface area contributed by atoms with E-state index in [4.69, 9.17) is 18.9 Å². The van der Waals surface area contributed by atoms with E-state index >= 15 is 0 Å². The molecule has 2 aliphatic rings. The molecule has 5 rings (SSSR count). The molecule has 2 saturated heterocycles. The molecule has 210 valence electrons. The first-order valence-electron chi connectivity index (χ1n) is 13.5. The molecule has 2 aliphatic heterocycles. The third-order valence-corrected chi connectivity index (χ3v) is 8.39. The number of hydrogen-bond acceptors (Lipinski definition) is 7. The molecule has 3 aromatic carbocycles. The van der Waals surface area contributed by atoms with Crippen molar-refractivity contribution >= 4 is 29.3 Å². The summed E-state index contributed by atoms with van der Waals surface area (Å²) in [5.41, 5.74) is 2.69. The lowest BCUT2D eigenvalue weighted by Gasteiger charge is -2.49. The third-order valence-electron chi connectivity index (χ3n) is 7.02. The Morgan fingerprint density at radius 3 is 2.20 bits per heavy atom. The maximum atomic E-state index is 13.6. The fourth-order valence-corrected chi connectivity index (χ4v) is 6.31. The zero-order valence-corrected chi connectivity index (χ0v) is 23.9. The summed E-state index contributed by atoms with van der Waals surface area (Å²) in [6, 6.07) is 27.0. The predicted molar refractivity (Wildman–Crippen MR) is 155 cm³/mol. The van der Waals surface area contributed by atoms with Crippen molar-refractivity contribution in [2.75, 3.05) is 37.1 Å². The van der Waals surface area contributed by atoms with Gasteiger partial charge in [0, 0.05) is 16.7 Å². The fraction of sp³-hybridized carbons (Fsp3) is 0.375. The highest BCUT2D eigenvalue weighted by Crippen LogP contribution is 2.48. The summed E-state index contributed by atoms with van der Waals surface area (Å²) in [5, 5.41) is -0.325. The van der Waals surface area contributed by atoms with Crippen LogP contribution >= 0.6 is 11.8 Å². The van der Waals surface area contributed by atoms with Gasteiger partial charge in [-0.25, -0.2) is 4.79 Å². The Bertz CT molecular complexity index is 1290. The van der Waals surface area contributed by atoms with E-state index < -0.39 is 11.8 Å². The minimum atomic E-state index is -0.926. The van der Waals surface area contributed by atoms with Crippen molar-refractivity contribution < 1.29 is 28.5 Å². The largest absolute Gasteiger partial charge is 0.482 e. The number of carbonyl (C=O) groups is 2. The molecule has 0 aromatic heterocycles. The van der Waals surface area contributed by atoms with Gasteiger partial charge >= 0.3 is 5.97 Å². The van der Waals surface area contributed by atoms with Crippen LogP contribution in [0.5, 0.6) is 5.75 Å². The Morgan fingerprint density at radius 2 is 1.57 bits per heavy atom. The molecule has 7 nitrogen and oxygen atoms in total. The number of amides is 1. The molecular formula is C32H35NO6S. The van der Waals surface area contributed by atoms with Gasteiger partial charge in [0.1, 0.15) is 11.0 Å². The first-order chi connectivity index (χ1) is 19.3. The standard InChI is InChI=1S/C32H35NO6S/c1-4-36-27(34)19-37-26-17-15-23(16-18-26)28-29(30(35)33(28)25-13-9-6-10-14-25)40-22-32(24-11-7-5-8-12-24)38-20-31(2,3)21-39-32/h5-18,28-29H,4,19-22H2,1-3H3. The van der Waals surface area contributed by atoms with E-state index in [1.807, 2.05) is 89.8 Å². The fourth-order valence-electron chi connectivity index (χ4n) is 4.86. The zero-order valence-electron chi connectivity index (χ0n) is 23.1. The lowest BCUT2D eigenvalue weighted by Crippen LogP contribution is -2.58. The van der Waals surface area contributed by atoms with Gasteiger partial charge in [0.15, 0.2) is 6.61 Å². The average molecular weight is 562 g/mol. The number of esters is 1. The van der Waals surface area contributed by atoms with Crippen LogP contribution in [0.1, 0.15) is 37.9 Å². The predicted octanol–water partition coefficient (Wildman–Crippen LogP) is 5.74. The molecule has 0 N–H and O–H groups in total. The highest BCUT2D eigenvalue weighted by molar-refractivity contribution is 8.00. The third kappa shape index (κ3) is 6.04. The number of nitrogens with zero attached hydrogens (tertiary/aromatic N) is 1. The smallest absolute Gasteiger partial charge is 0.344 e. The van der Waals surface area contributed by atoms with Crippen molar-refractivity contribution in [1.29, 1.82) is 0 Å². The summed E-state index contributed by atoms with van der Waals surface area (Å²) in [4.78, 5) is 27.1. The Morgan fingerprint density at radius 1 is 0.950 bits per heavy atom. The lowest BCUT2D eigenvalue weighted by molar-refractivity contribution is -0.295. The van der Waals surface area contributed by atoms with Crippen LogP contribution in [-0.2, 0) is 29.6 Å². The van der Waals surface area contributed by atoms with Crippen LogP contribution in [-0.4, -0.2) is 49.3 Å². The maximum absolute atomic E-state index is 13.6. The van der Waals surface area contributed by atoms with Crippen LogP contribution in [0.4, 0.5) is 5.69 Å². The lowest BCUT2D eigenvalue weighted by atomic mass is 9.92. The summed E-state index contributed by atoms with van der Waals surface area (Å²) in [7, 11) is 0. The van der Waals surface area contributed by atoms with Gasteiger partial charge in [-0.3, -0.25) is 4.79 Å². The van der Waals surface area contributed by atoms with Gasteiger partial charge in [0.05, 0.1) is 31.6 Å². The van der Waals surface area contributed by atoms with Crippen LogP contribution in [0.25, 0.3) is 0 Å². The zero-order chi connectivity index (χ0) is 28.2. The van der Waals surface area contributed by atoms with Crippen molar-refractivity contribution in [3.8, 4) is 5.75 Å².